The van der Waals surface area contributed by atoms with E-state index in [1.54, 1.807) is 6.08 Å². The minimum atomic E-state index is -0.391. The fourth-order valence-electron chi connectivity index (χ4n) is 4.55. The maximum Gasteiger partial charge on any atom is 0.293 e. The summed E-state index contributed by atoms with van der Waals surface area (Å²) in [5.74, 6) is -0.223. The zero-order chi connectivity index (χ0) is 25.9. The number of amides is 3. The van der Waals surface area contributed by atoms with Gasteiger partial charge in [0.05, 0.1) is 11.4 Å². The highest BCUT2D eigenvalue weighted by molar-refractivity contribution is 9.10. The number of rotatable bonds is 7. The van der Waals surface area contributed by atoms with Crippen LogP contribution in [0.4, 0.5) is 9.18 Å². The minimum Gasteiger partial charge on any atom is -0.492 e. The molecule has 2 saturated heterocycles. The second-order valence-corrected chi connectivity index (χ2v) is 10.9. The van der Waals surface area contributed by atoms with Gasteiger partial charge in [0, 0.05) is 40.2 Å². The molecular weight excluding hydrogens is 561 g/mol. The molecule has 10 heteroatoms. The van der Waals surface area contributed by atoms with Crippen LogP contribution in [0.25, 0.3) is 17.0 Å². The predicted molar refractivity (Wildman–Crippen MR) is 145 cm³/mol. The standard InChI is InChI=1S/C27H25BrFN3O4S/c28-19-4-9-23-22(15-19)18(16-31(23)17-25(33)30-10-2-1-3-11-30)14-24-26(34)32(27(35)37-24)12-13-36-21-7-5-20(29)6-8-21/h4-9,14-16H,1-3,10-13,17H2/b24-14-. The Morgan fingerprint density at radius 3 is 2.59 bits per heavy atom. The normalized spacial score (nSPS) is 17.3. The zero-order valence-corrected chi connectivity index (χ0v) is 22.4. The van der Waals surface area contributed by atoms with Gasteiger partial charge in [0.1, 0.15) is 24.7 Å². The number of aromatic nitrogens is 1. The van der Waals surface area contributed by atoms with E-state index in [-0.39, 0.29) is 36.7 Å². The molecule has 2 aromatic carbocycles. The number of likely N-dealkylation sites (tertiary alicyclic amines) is 1. The van der Waals surface area contributed by atoms with E-state index < -0.39 is 5.91 Å². The van der Waals surface area contributed by atoms with Gasteiger partial charge in [-0.25, -0.2) is 4.39 Å². The molecule has 7 nitrogen and oxygen atoms in total. The monoisotopic (exact) mass is 585 g/mol. The molecule has 1 aromatic heterocycles. The van der Waals surface area contributed by atoms with Gasteiger partial charge >= 0.3 is 0 Å². The third kappa shape index (κ3) is 5.75. The van der Waals surface area contributed by atoms with E-state index in [0.29, 0.717) is 10.7 Å². The Kier molecular flexibility index (Phi) is 7.66. The number of halogens is 2. The number of carbonyl (C=O) groups is 3. The summed E-state index contributed by atoms with van der Waals surface area (Å²) in [7, 11) is 0. The molecule has 0 saturated carbocycles. The van der Waals surface area contributed by atoms with Crippen molar-refractivity contribution in [2.24, 2.45) is 0 Å². The molecule has 0 bridgehead atoms. The van der Waals surface area contributed by atoms with Crippen molar-refractivity contribution in [2.75, 3.05) is 26.2 Å². The molecule has 37 heavy (non-hydrogen) atoms. The fourth-order valence-corrected chi connectivity index (χ4v) is 5.77. The number of ether oxygens (including phenoxy) is 1. The number of imide groups is 1. The number of hydrogen-bond acceptors (Lipinski definition) is 5. The Bertz CT molecular complexity index is 1380. The second-order valence-electron chi connectivity index (χ2n) is 8.95. The van der Waals surface area contributed by atoms with E-state index in [1.165, 1.54) is 24.3 Å². The molecule has 3 heterocycles. The topological polar surface area (TPSA) is 71.9 Å². The van der Waals surface area contributed by atoms with Crippen LogP contribution in [-0.4, -0.2) is 57.7 Å². The summed E-state index contributed by atoms with van der Waals surface area (Å²) in [6, 6.07) is 11.4. The van der Waals surface area contributed by atoms with E-state index in [4.69, 9.17) is 4.74 Å². The third-order valence-electron chi connectivity index (χ3n) is 6.45. The molecular formula is C27H25BrFN3O4S. The van der Waals surface area contributed by atoms with Crippen LogP contribution in [0, 0.1) is 5.82 Å². The minimum absolute atomic E-state index is 0.0764. The number of benzene rings is 2. The maximum atomic E-state index is 13.1. The lowest BCUT2D eigenvalue weighted by Crippen LogP contribution is -2.37. The summed E-state index contributed by atoms with van der Waals surface area (Å²) in [5.41, 5.74) is 1.64. The lowest BCUT2D eigenvalue weighted by molar-refractivity contribution is -0.132. The molecule has 0 radical (unpaired) electrons. The Labute approximate surface area is 226 Å². The summed E-state index contributed by atoms with van der Waals surface area (Å²) in [6.07, 6.45) is 6.79. The number of piperidine rings is 1. The third-order valence-corrected chi connectivity index (χ3v) is 7.85. The fraction of sp³-hybridized carbons (Fsp3) is 0.296. The van der Waals surface area contributed by atoms with Crippen molar-refractivity contribution in [1.82, 2.24) is 14.4 Å². The molecule has 2 fully saturated rings. The van der Waals surface area contributed by atoms with E-state index >= 15 is 0 Å². The van der Waals surface area contributed by atoms with Crippen LogP contribution in [0.15, 0.2) is 58.0 Å². The first kappa shape index (κ1) is 25.5. The molecule has 2 aliphatic heterocycles. The summed E-state index contributed by atoms with van der Waals surface area (Å²) in [6.45, 7) is 1.97. The molecule has 0 spiro atoms. The van der Waals surface area contributed by atoms with Gasteiger partial charge in [-0.1, -0.05) is 15.9 Å². The van der Waals surface area contributed by atoms with Gasteiger partial charge < -0.3 is 14.2 Å². The van der Waals surface area contributed by atoms with Crippen molar-refractivity contribution in [3.63, 3.8) is 0 Å². The Morgan fingerprint density at radius 2 is 1.84 bits per heavy atom. The largest absolute Gasteiger partial charge is 0.492 e. The van der Waals surface area contributed by atoms with Gasteiger partial charge in [-0.3, -0.25) is 19.3 Å². The predicted octanol–water partition coefficient (Wildman–Crippen LogP) is 5.67. The van der Waals surface area contributed by atoms with Crippen LogP contribution in [-0.2, 0) is 16.1 Å². The van der Waals surface area contributed by atoms with Crippen LogP contribution in [0.3, 0.4) is 0 Å². The molecule has 0 atom stereocenters. The lowest BCUT2D eigenvalue weighted by atomic mass is 10.1. The Balaban J connectivity index is 1.33. The Morgan fingerprint density at radius 1 is 1.08 bits per heavy atom. The van der Waals surface area contributed by atoms with E-state index in [1.807, 2.05) is 33.9 Å². The molecule has 0 aliphatic carbocycles. The highest BCUT2D eigenvalue weighted by atomic mass is 79.9. The van der Waals surface area contributed by atoms with Crippen molar-refractivity contribution >= 4 is 61.7 Å². The highest BCUT2D eigenvalue weighted by Crippen LogP contribution is 2.35. The molecule has 5 rings (SSSR count). The van der Waals surface area contributed by atoms with Gasteiger partial charge in [-0.2, -0.15) is 0 Å². The number of nitrogens with zero attached hydrogens (tertiary/aromatic N) is 3. The van der Waals surface area contributed by atoms with Crippen LogP contribution in [0.1, 0.15) is 24.8 Å². The van der Waals surface area contributed by atoms with Crippen molar-refractivity contribution in [3.05, 3.63) is 69.4 Å². The summed E-state index contributed by atoms with van der Waals surface area (Å²) in [5, 5.41) is 0.511. The van der Waals surface area contributed by atoms with Crippen molar-refractivity contribution < 1.29 is 23.5 Å². The summed E-state index contributed by atoms with van der Waals surface area (Å²) < 4.78 is 21.4. The van der Waals surface area contributed by atoms with E-state index in [0.717, 1.165) is 70.0 Å². The molecule has 0 N–H and O–H groups in total. The van der Waals surface area contributed by atoms with Crippen LogP contribution in [0.2, 0.25) is 0 Å². The first-order chi connectivity index (χ1) is 17.9. The van der Waals surface area contributed by atoms with Gasteiger partial charge in [0.2, 0.25) is 5.91 Å². The van der Waals surface area contributed by atoms with Gasteiger partial charge in [0.25, 0.3) is 11.1 Å². The average molecular weight is 586 g/mol. The summed E-state index contributed by atoms with van der Waals surface area (Å²) in [4.78, 5) is 41.9. The first-order valence-electron chi connectivity index (χ1n) is 12.1. The van der Waals surface area contributed by atoms with Crippen molar-refractivity contribution in [3.8, 4) is 5.75 Å². The number of hydrogen-bond donors (Lipinski definition) is 0. The number of fused-ring (bicyclic) bond motifs is 1. The van der Waals surface area contributed by atoms with Crippen molar-refractivity contribution in [1.29, 1.82) is 0 Å². The maximum absolute atomic E-state index is 13.1. The molecule has 3 aromatic rings. The molecule has 3 amide bonds. The highest BCUT2D eigenvalue weighted by Gasteiger charge is 2.35. The van der Waals surface area contributed by atoms with E-state index in [9.17, 15) is 18.8 Å². The molecule has 192 valence electrons. The lowest BCUT2D eigenvalue weighted by Gasteiger charge is -2.27. The van der Waals surface area contributed by atoms with Crippen LogP contribution >= 0.6 is 27.7 Å². The molecule has 2 aliphatic rings. The van der Waals surface area contributed by atoms with Crippen molar-refractivity contribution in [2.45, 2.75) is 25.8 Å². The first-order valence-corrected chi connectivity index (χ1v) is 13.7. The average Bonchev–Trinajstić information content (AvgIpc) is 3.36. The second kappa shape index (κ2) is 11.1. The summed E-state index contributed by atoms with van der Waals surface area (Å²) >= 11 is 4.39. The molecule has 0 unspecified atom stereocenters. The zero-order valence-electron chi connectivity index (χ0n) is 20.0. The van der Waals surface area contributed by atoms with Gasteiger partial charge in [-0.15, -0.1) is 0 Å². The van der Waals surface area contributed by atoms with Gasteiger partial charge in [-0.05, 0) is 79.6 Å². The van der Waals surface area contributed by atoms with Gasteiger partial charge in [0.15, 0.2) is 0 Å². The van der Waals surface area contributed by atoms with E-state index in [2.05, 4.69) is 15.9 Å². The smallest absolute Gasteiger partial charge is 0.293 e. The van der Waals surface area contributed by atoms with Crippen LogP contribution in [0.5, 0.6) is 5.75 Å². The Hall–Kier alpha value is -3.11. The number of thioether (sulfide) groups is 1. The quantitative estimate of drug-likeness (QED) is 0.334. The number of carbonyl (C=O) groups excluding carboxylic acids is 3. The van der Waals surface area contributed by atoms with Crippen LogP contribution < -0.4 is 4.74 Å². The SMILES string of the molecule is O=C(Cn1cc(/C=C2\SC(=O)N(CCOc3ccc(F)cc3)C2=O)c2cc(Br)ccc21)N1CCCCC1.